The van der Waals surface area contributed by atoms with E-state index in [1.165, 1.54) is 19.2 Å². The van der Waals surface area contributed by atoms with Crippen molar-refractivity contribution in [1.82, 2.24) is 0 Å². The van der Waals surface area contributed by atoms with E-state index in [-0.39, 0.29) is 11.3 Å². The molecular formula is C16H16FNO3. The molecule has 0 aliphatic carbocycles. The van der Waals surface area contributed by atoms with Gasteiger partial charge in [-0.2, -0.15) is 0 Å². The number of anilines is 1. The predicted octanol–water partition coefficient (Wildman–Crippen LogP) is 3.49. The van der Waals surface area contributed by atoms with Crippen molar-refractivity contribution < 1.29 is 18.7 Å². The maximum atomic E-state index is 13.8. The summed E-state index contributed by atoms with van der Waals surface area (Å²) < 4.78 is 24.0. The van der Waals surface area contributed by atoms with E-state index >= 15 is 0 Å². The number of rotatable bonds is 5. The Bertz CT molecular complexity index is 643. The van der Waals surface area contributed by atoms with Gasteiger partial charge >= 0.3 is 0 Å². The van der Waals surface area contributed by atoms with Crippen LogP contribution >= 0.6 is 0 Å². The van der Waals surface area contributed by atoms with E-state index in [0.29, 0.717) is 18.0 Å². The number of hydrogen-bond donors (Lipinski definition) is 1. The third-order valence-electron chi connectivity index (χ3n) is 2.85. The molecule has 0 aromatic heterocycles. The summed E-state index contributed by atoms with van der Waals surface area (Å²) in [4.78, 5) is 12.1. The van der Waals surface area contributed by atoms with E-state index in [1.807, 2.05) is 0 Å². The molecular weight excluding hydrogens is 273 g/mol. The molecule has 0 saturated heterocycles. The average Bonchev–Trinajstić information content (AvgIpc) is 2.50. The lowest BCUT2D eigenvalue weighted by molar-refractivity contribution is 0.102. The SMILES string of the molecule is CCOc1ccc(C(=O)Nc2ccccc2OC)cc1F. The number of carbonyl (C=O) groups excluding carboxylic acids is 1. The average molecular weight is 289 g/mol. The maximum Gasteiger partial charge on any atom is 0.255 e. The molecule has 0 bridgehead atoms. The molecule has 5 heteroatoms. The molecule has 110 valence electrons. The van der Waals surface area contributed by atoms with Crippen LogP contribution in [0.3, 0.4) is 0 Å². The molecule has 0 saturated carbocycles. The molecule has 0 atom stereocenters. The highest BCUT2D eigenvalue weighted by Gasteiger charge is 2.12. The Morgan fingerprint density at radius 3 is 2.62 bits per heavy atom. The fourth-order valence-electron chi connectivity index (χ4n) is 1.86. The summed E-state index contributed by atoms with van der Waals surface area (Å²) in [5.41, 5.74) is 0.737. The molecule has 1 N–H and O–H groups in total. The van der Waals surface area contributed by atoms with Crippen LogP contribution in [0, 0.1) is 5.82 Å². The molecule has 0 unspecified atom stereocenters. The van der Waals surface area contributed by atoms with Crippen molar-refractivity contribution in [3.63, 3.8) is 0 Å². The first-order chi connectivity index (χ1) is 10.2. The van der Waals surface area contributed by atoms with Gasteiger partial charge in [0.1, 0.15) is 5.75 Å². The Morgan fingerprint density at radius 1 is 1.19 bits per heavy atom. The van der Waals surface area contributed by atoms with Gasteiger partial charge in [-0.3, -0.25) is 4.79 Å². The van der Waals surface area contributed by atoms with Crippen molar-refractivity contribution in [1.29, 1.82) is 0 Å². The van der Waals surface area contributed by atoms with Crippen LogP contribution in [0.1, 0.15) is 17.3 Å². The van der Waals surface area contributed by atoms with Crippen LogP contribution in [-0.4, -0.2) is 19.6 Å². The topological polar surface area (TPSA) is 47.6 Å². The molecule has 4 nitrogen and oxygen atoms in total. The minimum atomic E-state index is -0.565. The number of ether oxygens (including phenoxy) is 2. The van der Waals surface area contributed by atoms with Gasteiger partial charge < -0.3 is 14.8 Å². The summed E-state index contributed by atoms with van der Waals surface area (Å²) in [6.45, 7) is 2.13. The molecule has 2 aromatic carbocycles. The van der Waals surface area contributed by atoms with Gasteiger partial charge in [0, 0.05) is 5.56 Å². The van der Waals surface area contributed by atoms with Crippen molar-refractivity contribution in [2.75, 3.05) is 19.0 Å². The van der Waals surface area contributed by atoms with Crippen LogP contribution in [0.15, 0.2) is 42.5 Å². The lowest BCUT2D eigenvalue weighted by atomic mass is 10.2. The van der Waals surface area contributed by atoms with E-state index in [1.54, 1.807) is 31.2 Å². The largest absolute Gasteiger partial charge is 0.495 e. The van der Waals surface area contributed by atoms with Gasteiger partial charge in [-0.1, -0.05) is 12.1 Å². The first-order valence-electron chi connectivity index (χ1n) is 6.52. The lowest BCUT2D eigenvalue weighted by Crippen LogP contribution is -2.13. The fourth-order valence-corrected chi connectivity index (χ4v) is 1.86. The molecule has 2 rings (SSSR count). The molecule has 2 aromatic rings. The van der Waals surface area contributed by atoms with Gasteiger partial charge in [-0.05, 0) is 37.3 Å². The third kappa shape index (κ3) is 3.51. The van der Waals surface area contributed by atoms with Crippen LogP contribution in [0.2, 0.25) is 0 Å². The Hall–Kier alpha value is -2.56. The van der Waals surface area contributed by atoms with E-state index in [4.69, 9.17) is 9.47 Å². The van der Waals surface area contributed by atoms with Crippen molar-refractivity contribution in [3.05, 3.63) is 53.8 Å². The summed E-state index contributed by atoms with van der Waals surface area (Å²) in [5, 5.41) is 2.69. The second kappa shape index (κ2) is 6.74. The Kier molecular flexibility index (Phi) is 4.77. The first-order valence-corrected chi connectivity index (χ1v) is 6.52. The molecule has 0 aliphatic rings. The van der Waals surface area contributed by atoms with Crippen LogP contribution < -0.4 is 14.8 Å². The Labute approximate surface area is 122 Å². The van der Waals surface area contributed by atoms with Gasteiger partial charge in [0.25, 0.3) is 5.91 Å². The quantitative estimate of drug-likeness (QED) is 0.916. The molecule has 21 heavy (non-hydrogen) atoms. The van der Waals surface area contributed by atoms with E-state index in [9.17, 15) is 9.18 Å². The predicted molar refractivity (Wildman–Crippen MR) is 78.5 cm³/mol. The van der Waals surface area contributed by atoms with Crippen molar-refractivity contribution in [2.45, 2.75) is 6.92 Å². The molecule has 0 fully saturated rings. The number of nitrogens with one attached hydrogen (secondary N) is 1. The van der Waals surface area contributed by atoms with E-state index in [2.05, 4.69) is 5.32 Å². The number of hydrogen-bond acceptors (Lipinski definition) is 3. The third-order valence-corrected chi connectivity index (χ3v) is 2.85. The number of carbonyl (C=O) groups is 1. The molecule has 0 spiro atoms. The monoisotopic (exact) mass is 289 g/mol. The minimum absolute atomic E-state index is 0.131. The highest BCUT2D eigenvalue weighted by Crippen LogP contribution is 2.24. The van der Waals surface area contributed by atoms with E-state index < -0.39 is 11.7 Å². The molecule has 0 heterocycles. The number of para-hydroxylation sites is 2. The van der Waals surface area contributed by atoms with Crippen LogP contribution in [0.4, 0.5) is 10.1 Å². The van der Waals surface area contributed by atoms with Gasteiger partial charge in [0.15, 0.2) is 11.6 Å². The highest BCUT2D eigenvalue weighted by atomic mass is 19.1. The van der Waals surface area contributed by atoms with Crippen LogP contribution in [0.25, 0.3) is 0 Å². The number of methoxy groups -OCH3 is 1. The molecule has 1 amide bonds. The Balaban J connectivity index is 2.19. The highest BCUT2D eigenvalue weighted by molar-refractivity contribution is 6.05. The lowest BCUT2D eigenvalue weighted by Gasteiger charge is -2.10. The summed E-state index contributed by atoms with van der Waals surface area (Å²) in [5.74, 6) is -0.311. The normalized spacial score (nSPS) is 10.0. The van der Waals surface area contributed by atoms with Gasteiger partial charge in [0.05, 0.1) is 19.4 Å². The zero-order chi connectivity index (χ0) is 15.2. The second-order valence-corrected chi connectivity index (χ2v) is 4.23. The van der Waals surface area contributed by atoms with Gasteiger partial charge in [0.2, 0.25) is 0 Å². The van der Waals surface area contributed by atoms with Crippen molar-refractivity contribution >= 4 is 11.6 Å². The minimum Gasteiger partial charge on any atom is -0.495 e. The first kappa shape index (κ1) is 14.8. The van der Waals surface area contributed by atoms with Crippen LogP contribution in [-0.2, 0) is 0 Å². The number of amides is 1. The molecule has 0 aliphatic heterocycles. The summed E-state index contributed by atoms with van der Waals surface area (Å²) in [6, 6.07) is 11.1. The van der Waals surface area contributed by atoms with Crippen molar-refractivity contribution in [2.24, 2.45) is 0 Å². The number of halogens is 1. The number of benzene rings is 2. The zero-order valence-corrected chi connectivity index (χ0v) is 11.9. The summed E-state index contributed by atoms with van der Waals surface area (Å²) >= 11 is 0. The van der Waals surface area contributed by atoms with Crippen molar-refractivity contribution in [3.8, 4) is 11.5 Å². The fraction of sp³-hybridized carbons (Fsp3) is 0.188. The van der Waals surface area contributed by atoms with Gasteiger partial charge in [-0.15, -0.1) is 0 Å². The molecule has 0 radical (unpaired) electrons. The smallest absolute Gasteiger partial charge is 0.255 e. The zero-order valence-electron chi connectivity index (χ0n) is 11.9. The summed E-state index contributed by atoms with van der Waals surface area (Å²) in [6.07, 6.45) is 0. The van der Waals surface area contributed by atoms with Gasteiger partial charge in [-0.25, -0.2) is 4.39 Å². The van der Waals surface area contributed by atoms with E-state index in [0.717, 1.165) is 6.07 Å². The second-order valence-electron chi connectivity index (χ2n) is 4.23. The Morgan fingerprint density at radius 2 is 1.95 bits per heavy atom. The van der Waals surface area contributed by atoms with Crippen LogP contribution in [0.5, 0.6) is 11.5 Å². The maximum absolute atomic E-state index is 13.8. The standard InChI is InChI=1S/C16H16FNO3/c1-3-21-14-9-8-11(10-12(14)17)16(19)18-13-6-4-5-7-15(13)20-2/h4-10H,3H2,1-2H3,(H,18,19). The summed E-state index contributed by atoms with van der Waals surface area (Å²) in [7, 11) is 1.52.